The number of benzene rings is 1. The molecule has 3 aromatic rings. The number of aryl methyl sites for hydroxylation is 1. The third-order valence-electron chi connectivity index (χ3n) is 2.70. The van der Waals surface area contributed by atoms with Gasteiger partial charge in [0.2, 0.25) is 0 Å². The largest absolute Gasteiger partial charge is 0.361 e. The number of thioether (sulfide) groups is 1. The van der Waals surface area contributed by atoms with Crippen molar-refractivity contribution < 1.29 is 4.52 Å². The van der Waals surface area contributed by atoms with Crippen LogP contribution in [0.2, 0.25) is 10.0 Å². The van der Waals surface area contributed by atoms with Gasteiger partial charge in [0, 0.05) is 11.8 Å². The average Bonchev–Trinajstić information content (AvgIpc) is 3.06. The van der Waals surface area contributed by atoms with Crippen LogP contribution in [-0.2, 0) is 5.75 Å². The van der Waals surface area contributed by atoms with E-state index in [2.05, 4.69) is 10.3 Å². The summed E-state index contributed by atoms with van der Waals surface area (Å²) in [4.78, 5) is 0. The van der Waals surface area contributed by atoms with E-state index < -0.39 is 0 Å². The second-order valence-electron chi connectivity index (χ2n) is 4.36. The highest BCUT2D eigenvalue weighted by molar-refractivity contribution is 8.00. The average molecular weight is 390 g/mol. The number of hydrogen-bond acceptors (Lipinski definition) is 6. The van der Waals surface area contributed by atoms with E-state index in [-0.39, 0.29) is 0 Å². The zero-order chi connectivity index (χ0) is 15.7. The highest BCUT2D eigenvalue weighted by Gasteiger charge is 2.09. The highest BCUT2D eigenvalue weighted by Crippen LogP contribution is 2.29. The molecule has 0 saturated carbocycles. The van der Waals surface area contributed by atoms with Crippen LogP contribution in [0.1, 0.15) is 11.5 Å². The van der Waals surface area contributed by atoms with Crippen molar-refractivity contribution in [3.63, 3.8) is 0 Å². The first-order chi connectivity index (χ1) is 10.5. The second-order valence-corrected chi connectivity index (χ2v) is 8.02. The summed E-state index contributed by atoms with van der Waals surface area (Å²) in [7, 11) is 0. The fraction of sp³-hybridized carbons (Fsp3) is 0.154. The molecule has 0 saturated heterocycles. The van der Waals surface area contributed by atoms with Crippen molar-refractivity contribution in [2.24, 2.45) is 0 Å². The van der Waals surface area contributed by atoms with E-state index in [0.29, 0.717) is 19.8 Å². The molecule has 1 aromatic carbocycles. The van der Waals surface area contributed by atoms with Crippen molar-refractivity contribution in [1.29, 1.82) is 0 Å². The summed E-state index contributed by atoms with van der Waals surface area (Å²) in [5.74, 6) is 1.48. The molecule has 22 heavy (non-hydrogen) atoms. The lowest BCUT2D eigenvalue weighted by Crippen LogP contribution is -1.96. The van der Waals surface area contributed by atoms with Gasteiger partial charge in [0.15, 0.2) is 8.29 Å². The van der Waals surface area contributed by atoms with Gasteiger partial charge in [0.25, 0.3) is 0 Å². The summed E-state index contributed by atoms with van der Waals surface area (Å²) in [6, 6.07) is 7.21. The maximum atomic E-state index is 6.04. The molecule has 2 heterocycles. The van der Waals surface area contributed by atoms with Crippen molar-refractivity contribution >= 4 is 58.5 Å². The molecule has 0 fully saturated rings. The molecule has 0 radical (unpaired) electrons. The van der Waals surface area contributed by atoms with Crippen molar-refractivity contribution in [2.75, 3.05) is 0 Å². The fourth-order valence-electron chi connectivity index (χ4n) is 1.72. The lowest BCUT2D eigenvalue weighted by atomic mass is 10.3. The molecule has 0 aliphatic rings. The zero-order valence-electron chi connectivity index (χ0n) is 11.2. The molecule has 0 atom stereocenters. The predicted molar refractivity (Wildman–Crippen MR) is 93.1 cm³/mol. The summed E-state index contributed by atoms with van der Waals surface area (Å²) in [6.07, 6.45) is 0. The van der Waals surface area contributed by atoms with E-state index in [1.165, 1.54) is 11.3 Å². The van der Waals surface area contributed by atoms with Crippen LogP contribution in [0, 0.1) is 10.9 Å². The van der Waals surface area contributed by atoms with Crippen LogP contribution in [0.4, 0.5) is 0 Å². The molecule has 9 heteroatoms. The van der Waals surface area contributed by atoms with Crippen LogP contribution < -0.4 is 0 Å². The molecule has 0 aliphatic carbocycles. The number of rotatable bonds is 4. The van der Waals surface area contributed by atoms with Crippen molar-refractivity contribution in [2.45, 2.75) is 17.0 Å². The lowest BCUT2D eigenvalue weighted by Gasteiger charge is -2.02. The van der Waals surface area contributed by atoms with Crippen LogP contribution in [-0.4, -0.2) is 14.9 Å². The van der Waals surface area contributed by atoms with E-state index in [9.17, 15) is 0 Å². The first kappa shape index (κ1) is 16.0. The van der Waals surface area contributed by atoms with Gasteiger partial charge in [-0.2, -0.15) is 0 Å². The molecule has 0 aliphatic heterocycles. The first-order valence-corrected chi connectivity index (χ1v) is 9.10. The smallest absolute Gasteiger partial charge is 0.184 e. The van der Waals surface area contributed by atoms with Gasteiger partial charge < -0.3 is 4.52 Å². The molecule has 2 aromatic heterocycles. The number of hydrogen-bond donors (Lipinski definition) is 0. The Labute approximate surface area is 150 Å². The van der Waals surface area contributed by atoms with Gasteiger partial charge in [-0.25, -0.2) is 4.68 Å². The second kappa shape index (κ2) is 6.72. The Balaban J connectivity index is 1.81. The highest BCUT2D eigenvalue weighted by atomic mass is 35.5. The monoisotopic (exact) mass is 389 g/mol. The third-order valence-corrected chi connectivity index (χ3v) is 5.84. The Morgan fingerprint density at radius 1 is 1.32 bits per heavy atom. The standard InChI is InChI=1S/C13H9Cl2N3OS3/c1-7-4-8(17-19-7)6-21-12-16-18(13(20)22-12)9-2-3-10(14)11(15)5-9/h2-5H,6H2,1H3. The van der Waals surface area contributed by atoms with Crippen molar-refractivity contribution in [3.05, 3.63) is 49.7 Å². The van der Waals surface area contributed by atoms with Crippen molar-refractivity contribution in [3.8, 4) is 5.69 Å². The molecular weight excluding hydrogens is 381 g/mol. The number of aromatic nitrogens is 3. The van der Waals surface area contributed by atoms with Crippen LogP contribution in [0.3, 0.4) is 0 Å². The molecule has 114 valence electrons. The summed E-state index contributed by atoms with van der Waals surface area (Å²) in [5, 5.41) is 9.44. The molecular formula is C13H9Cl2N3OS3. The Bertz CT molecular complexity index is 872. The molecule has 3 rings (SSSR count). The van der Waals surface area contributed by atoms with Crippen LogP contribution >= 0.6 is 58.5 Å². The third kappa shape index (κ3) is 3.55. The Kier molecular flexibility index (Phi) is 4.89. The van der Waals surface area contributed by atoms with E-state index in [0.717, 1.165) is 21.5 Å². The molecule has 0 amide bonds. The maximum absolute atomic E-state index is 6.04. The van der Waals surface area contributed by atoms with E-state index in [4.69, 9.17) is 39.9 Å². The molecule has 0 N–H and O–H groups in total. The predicted octanol–water partition coefficient (Wildman–Crippen LogP) is 5.56. The minimum atomic E-state index is 0.473. The van der Waals surface area contributed by atoms with Gasteiger partial charge in [-0.15, -0.1) is 5.10 Å². The van der Waals surface area contributed by atoms with E-state index in [1.54, 1.807) is 28.6 Å². The number of halogens is 2. The quantitative estimate of drug-likeness (QED) is 0.431. The minimum absolute atomic E-state index is 0.473. The first-order valence-electron chi connectivity index (χ1n) is 6.13. The van der Waals surface area contributed by atoms with Gasteiger partial charge in [-0.3, -0.25) is 0 Å². The Morgan fingerprint density at radius 2 is 2.14 bits per heavy atom. The van der Waals surface area contributed by atoms with Crippen LogP contribution in [0.15, 0.2) is 33.1 Å². The Hall–Kier alpha value is -0.860. The fourth-order valence-corrected chi connectivity index (χ4v) is 4.25. The maximum Gasteiger partial charge on any atom is 0.184 e. The topological polar surface area (TPSA) is 43.9 Å². The Morgan fingerprint density at radius 3 is 2.82 bits per heavy atom. The summed E-state index contributed by atoms with van der Waals surface area (Å²) in [6.45, 7) is 1.87. The van der Waals surface area contributed by atoms with Gasteiger partial charge >= 0.3 is 0 Å². The van der Waals surface area contributed by atoms with Crippen LogP contribution in [0.25, 0.3) is 5.69 Å². The minimum Gasteiger partial charge on any atom is -0.361 e. The van der Waals surface area contributed by atoms with Gasteiger partial charge in [0.1, 0.15) is 5.76 Å². The summed E-state index contributed by atoms with van der Waals surface area (Å²) >= 11 is 20.3. The van der Waals surface area contributed by atoms with Crippen LogP contribution in [0.5, 0.6) is 0 Å². The summed E-state index contributed by atoms with van der Waals surface area (Å²) < 4.78 is 8.23. The van der Waals surface area contributed by atoms with E-state index in [1.807, 2.05) is 19.1 Å². The SMILES string of the molecule is Cc1cc(CSc2nn(-c3ccc(Cl)c(Cl)c3)c(=S)s2)no1. The van der Waals surface area contributed by atoms with E-state index >= 15 is 0 Å². The van der Waals surface area contributed by atoms with Gasteiger partial charge in [-0.1, -0.05) is 51.5 Å². The lowest BCUT2D eigenvalue weighted by molar-refractivity contribution is 0.393. The van der Waals surface area contributed by atoms with Gasteiger partial charge in [0.05, 0.1) is 21.4 Å². The summed E-state index contributed by atoms with van der Waals surface area (Å²) in [5.41, 5.74) is 1.67. The molecule has 0 spiro atoms. The van der Waals surface area contributed by atoms with Crippen molar-refractivity contribution in [1.82, 2.24) is 14.9 Å². The molecule has 0 unspecified atom stereocenters. The number of nitrogens with zero attached hydrogens (tertiary/aromatic N) is 3. The van der Waals surface area contributed by atoms with Gasteiger partial charge in [-0.05, 0) is 37.3 Å². The molecule has 0 bridgehead atoms. The zero-order valence-corrected chi connectivity index (χ0v) is 15.2. The normalized spacial score (nSPS) is 11.0. The molecule has 4 nitrogen and oxygen atoms in total.